The second-order valence-electron chi connectivity index (χ2n) is 7.34. The van der Waals surface area contributed by atoms with Gasteiger partial charge in [-0.1, -0.05) is 50.6 Å². The van der Waals surface area contributed by atoms with Crippen molar-refractivity contribution in [2.75, 3.05) is 23.8 Å². The summed E-state index contributed by atoms with van der Waals surface area (Å²) in [4.78, 5) is 41.3. The molecule has 0 aliphatic heterocycles. The number of unbranched alkanes of at least 4 members (excludes halogenated alkanes) is 1. The lowest BCUT2D eigenvalue weighted by atomic mass is 10.1. The number of nitrogens with zero attached hydrogens (tertiary/aromatic N) is 2. The molecule has 8 nitrogen and oxygen atoms in total. The van der Waals surface area contributed by atoms with Crippen LogP contribution in [-0.4, -0.2) is 28.6 Å². The monoisotopic (exact) mass is 424 g/mol. The molecular weight excluding hydrogens is 396 g/mol. The van der Waals surface area contributed by atoms with Crippen LogP contribution >= 0.6 is 0 Å². The third kappa shape index (κ3) is 4.96. The molecule has 0 bridgehead atoms. The minimum atomic E-state index is -0.676. The zero-order valence-electron chi connectivity index (χ0n) is 17.9. The summed E-state index contributed by atoms with van der Waals surface area (Å²) >= 11 is 0. The van der Waals surface area contributed by atoms with E-state index in [-0.39, 0.29) is 18.1 Å². The maximum atomic E-state index is 13.1. The standard InChI is InChI=1S/C23H28N4O4/c1-3-5-13-26(20-21(24)27(12-4-2)23(30)25-22(20)29)19(28)15-31-18-11-10-16-8-6-7-9-17(16)14-18/h6-11,14H,3-5,12-13,15,24H2,1-2H3,(H,25,29,30). The third-order valence-corrected chi connectivity index (χ3v) is 5.05. The summed E-state index contributed by atoms with van der Waals surface area (Å²) in [6.07, 6.45) is 2.15. The summed E-state index contributed by atoms with van der Waals surface area (Å²) in [5, 5.41) is 2.07. The first kappa shape index (κ1) is 22.1. The average molecular weight is 425 g/mol. The van der Waals surface area contributed by atoms with Crippen LogP contribution in [0, 0.1) is 0 Å². The topological polar surface area (TPSA) is 110 Å². The number of benzene rings is 2. The Labute approximate surface area is 180 Å². The van der Waals surface area contributed by atoms with Crippen LogP contribution in [0.5, 0.6) is 5.75 Å². The van der Waals surface area contributed by atoms with Crippen LogP contribution in [-0.2, 0) is 11.3 Å². The maximum absolute atomic E-state index is 13.1. The van der Waals surface area contributed by atoms with E-state index in [9.17, 15) is 14.4 Å². The highest BCUT2D eigenvalue weighted by Gasteiger charge is 2.24. The molecule has 3 N–H and O–H groups in total. The summed E-state index contributed by atoms with van der Waals surface area (Å²) in [7, 11) is 0. The highest BCUT2D eigenvalue weighted by molar-refractivity contribution is 5.96. The Hall–Kier alpha value is -3.55. The second-order valence-corrected chi connectivity index (χ2v) is 7.34. The van der Waals surface area contributed by atoms with Gasteiger partial charge < -0.3 is 15.4 Å². The van der Waals surface area contributed by atoms with Gasteiger partial charge in [-0.15, -0.1) is 0 Å². The van der Waals surface area contributed by atoms with Crippen molar-refractivity contribution in [3.05, 3.63) is 63.3 Å². The van der Waals surface area contributed by atoms with E-state index in [0.717, 1.165) is 17.2 Å². The lowest BCUT2D eigenvalue weighted by molar-refractivity contribution is -0.120. The summed E-state index contributed by atoms with van der Waals surface area (Å²) in [5.74, 6) is 0.145. The Morgan fingerprint density at radius 1 is 1.10 bits per heavy atom. The number of aromatic nitrogens is 2. The predicted octanol–water partition coefficient (Wildman–Crippen LogP) is 2.89. The molecule has 1 aromatic heterocycles. The number of fused-ring (bicyclic) bond motifs is 1. The van der Waals surface area contributed by atoms with E-state index in [1.165, 1.54) is 9.47 Å². The average Bonchev–Trinajstić information content (AvgIpc) is 2.77. The molecule has 0 saturated carbocycles. The van der Waals surface area contributed by atoms with Gasteiger partial charge in [-0.3, -0.25) is 19.1 Å². The first-order chi connectivity index (χ1) is 15.0. The van der Waals surface area contributed by atoms with Crippen molar-refractivity contribution in [2.45, 2.75) is 39.7 Å². The lowest BCUT2D eigenvalue weighted by Gasteiger charge is -2.24. The molecule has 0 aliphatic rings. The molecule has 0 spiro atoms. The molecule has 0 unspecified atom stereocenters. The predicted molar refractivity (Wildman–Crippen MR) is 123 cm³/mol. The minimum absolute atomic E-state index is 0.00592. The lowest BCUT2D eigenvalue weighted by Crippen LogP contribution is -2.43. The number of hydrogen-bond donors (Lipinski definition) is 2. The molecule has 0 fully saturated rings. The van der Waals surface area contributed by atoms with Crippen molar-refractivity contribution < 1.29 is 9.53 Å². The maximum Gasteiger partial charge on any atom is 0.330 e. The number of carbonyl (C=O) groups is 1. The van der Waals surface area contributed by atoms with E-state index in [0.29, 0.717) is 31.7 Å². The van der Waals surface area contributed by atoms with Gasteiger partial charge in [0.05, 0.1) is 0 Å². The number of hydrogen-bond acceptors (Lipinski definition) is 5. The van der Waals surface area contributed by atoms with Gasteiger partial charge in [-0.2, -0.15) is 0 Å². The quantitative estimate of drug-likeness (QED) is 0.549. The summed E-state index contributed by atoms with van der Waals surface area (Å²) in [6, 6.07) is 13.4. The number of anilines is 2. The van der Waals surface area contributed by atoms with Crippen molar-refractivity contribution >= 4 is 28.2 Å². The van der Waals surface area contributed by atoms with Crippen LogP contribution < -0.4 is 26.6 Å². The number of ether oxygens (including phenoxy) is 1. The van der Waals surface area contributed by atoms with E-state index in [1.54, 1.807) is 6.07 Å². The molecule has 3 aromatic rings. The molecule has 31 heavy (non-hydrogen) atoms. The first-order valence-electron chi connectivity index (χ1n) is 10.5. The third-order valence-electron chi connectivity index (χ3n) is 5.05. The van der Waals surface area contributed by atoms with Crippen molar-refractivity contribution in [3.8, 4) is 5.75 Å². The van der Waals surface area contributed by atoms with Crippen LogP contribution in [0.3, 0.4) is 0 Å². The van der Waals surface area contributed by atoms with Crippen LogP contribution in [0.4, 0.5) is 11.5 Å². The number of nitrogens with two attached hydrogens (primary N) is 1. The Bertz CT molecular complexity index is 1180. The highest BCUT2D eigenvalue weighted by Crippen LogP contribution is 2.22. The van der Waals surface area contributed by atoms with E-state index in [2.05, 4.69) is 4.98 Å². The molecule has 0 aliphatic carbocycles. The van der Waals surface area contributed by atoms with Crippen LogP contribution in [0.15, 0.2) is 52.1 Å². The van der Waals surface area contributed by atoms with E-state index in [4.69, 9.17) is 10.5 Å². The SMILES string of the molecule is CCCCN(C(=O)COc1ccc2ccccc2c1)c1c(N)n(CCC)c(=O)[nH]c1=O. The number of H-pyrrole nitrogens is 1. The molecule has 1 heterocycles. The largest absolute Gasteiger partial charge is 0.484 e. The summed E-state index contributed by atoms with van der Waals surface area (Å²) < 4.78 is 7.01. The number of nitrogens with one attached hydrogen (secondary N) is 1. The van der Waals surface area contributed by atoms with E-state index >= 15 is 0 Å². The fraction of sp³-hybridized carbons (Fsp3) is 0.348. The molecule has 164 valence electrons. The zero-order valence-corrected chi connectivity index (χ0v) is 17.9. The Morgan fingerprint density at radius 2 is 1.84 bits per heavy atom. The molecule has 8 heteroatoms. The minimum Gasteiger partial charge on any atom is -0.484 e. The van der Waals surface area contributed by atoms with E-state index in [1.807, 2.05) is 50.2 Å². The number of amides is 1. The van der Waals surface area contributed by atoms with Gasteiger partial charge in [0.1, 0.15) is 11.6 Å². The van der Waals surface area contributed by atoms with E-state index < -0.39 is 17.2 Å². The highest BCUT2D eigenvalue weighted by atomic mass is 16.5. The molecule has 0 radical (unpaired) electrons. The fourth-order valence-electron chi connectivity index (χ4n) is 3.44. The van der Waals surface area contributed by atoms with Crippen LogP contribution in [0.25, 0.3) is 10.8 Å². The van der Waals surface area contributed by atoms with Crippen LogP contribution in [0.1, 0.15) is 33.1 Å². The van der Waals surface area contributed by atoms with Crippen molar-refractivity contribution in [3.63, 3.8) is 0 Å². The number of nitrogen functional groups attached to an aromatic ring is 1. The van der Waals surface area contributed by atoms with Gasteiger partial charge in [-0.25, -0.2) is 4.79 Å². The van der Waals surface area contributed by atoms with Gasteiger partial charge in [-0.05, 0) is 35.7 Å². The Morgan fingerprint density at radius 3 is 2.55 bits per heavy atom. The van der Waals surface area contributed by atoms with Crippen molar-refractivity contribution in [1.29, 1.82) is 0 Å². The van der Waals surface area contributed by atoms with Gasteiger partial charge in [0, 0.05) is 13.1 Å². The molecule has 3 rings (SSSR count). The second kappa shape index (κ2) is 9.97. The summed E-state index contributed by atoms with van der Waals surface area (Å²) in [6.45, 7) is 4.27. The van der Waals surface area contributed by atoms with Gasteiger partial charge >= 0.3 is 5.69 Å². The molecule has 0 atom stereocenters. The van der Waals surface area contributed by atoms with Crippen molar-refractivity contribution in [1.82, 2.24) is 9.55 Å². The number of aromatic amines is 1. The van der Waals surface area contributed by atoms with Crippen LogP contribution in [0.2, 0.25) is 0 Å². The van der Waals surface area contributed by atoms with Gasteiger partial charge in [0.2, 0.25) is 0 Å². The Kier molecular flexibility index (Phi) is 7.12. The van der Waals surface area contributed by atoms with Gasteiger partial charge in [0.15, 0.2) is 12.3 Å². The van der Waals surface area contributed by atoms with Gasteiger partial charge in [0.25, 0.3) is 11.5 Å². The Balaban J connectivity index is 1.88. The molecule has 0 saturated heterocycles. The molecular formula is C23H28N4O4. The smallest absolute Gasteiger partial charge is 0.330 e. The molecule has 1 amide bonds. The number of carbonyl (C=O) groups excluding carboxylic acids is 1. The number of rotatable bonds is 9. The van der Waals surface area contributed by atoms with Crippen molar-refractivity contribution in [2.24, 2.45) is 0 Å². The summed E-state index contributed by atoms with van der Waals surface area (Å²) in [5.41, 5.74) is 4.90. The fourth-order valence-corrected chi connectivity index (χ4v) is 3.44. The first-order valence-corrected chi connectivity index (χ1v) is 10.5. The normalized spacial score (nSPS) is 10.9. The molecule has 2 aromatic carbocycles. The zero-order chi connectivity index (χ0) is 22.4.